The molecule has 130 valence electrons. The zero-order valence-electron chi connectivity index (χ0n) is 14.5. The fourth-order valence-corrected chi connectivity index (χ4v) is 3.02. The molecule has 0 aliphatic carbocycles. The fourth-order valence-electron chi connectivity index (χ4n) is 3.02. The number of hydrogen-bond donors (Lipinski definition) is 0. The molecule has 0 spiro atoms. The SMILES string of the molecule is CCCCCCOc1cccc(CN2C(=O)c3ccccc3C2=O)c1. The quantitative estimate of drug-likeness (QED) is 0.528. The summed E-state index contributed by atoms with van der Waals surface area (Å²) in [6, 6.07) is 14.6. The molecule has 0 N–H and O–H groups in total. The number of hydrogen-bond acceptors (Lipinski definition) is 3. The molecule has 2 amide bonds. The standard InChI is InChI=1S/C21H23NO3/c1-2-3-4-7-13-25-17-10-8-9-16(14-17)15-22-20(23)18-11-5-6-12-19(18)21(22)24/h5-6,8-12,14H,2-4,7,13,15H2,1H3. The molecular weight excluding hydrogens is 314 g/mol. The summed E-state index contributed by atoms with van der Waals surface area (Å²) < 4.78 is 5.78. The number of imide groups is 1. The van der Waals surface area contributed by atoms with Crippen LogP contribution in [0.5, 0.6) is 5.75 Å². The van der Waals surface area contributed by atoms with Gasteiger partial charge in [0.15, 0.2) is 0 Å². The molecular formula is C21H23NO3. The smallest absolute Gasteiger partial charge is 0.261 e. The second kappa shape index (κ2) is 7.97. The number of carbonyl (C=O) groups is 2. The molecule has 0 saturated carbocycles. The van der Waals surface area contributed by atoms with Crippen molar-refractivity contribution >= 4 is 11.8 Å². The van der Waals surface area contributed by atoms with E-state index in [1.807, 2.05) is 24.3 Å². The third-order valence-corrected chi connectivity index (χ3v) is 4.38. The average Bonchev–Trinajstić information content (AvgIpc) is 2.87. The summed E-state index contributed by atoms with van der Waals surface area (Å²) in [6.45, 7) is 3.14. The lowest BCUT2D eigenvalue weighted by atomic mass is 10.1. The van der Waals surface area contributed by atoms with Crippen molar-refractivity contribution in [3.05, 3.63) is 65.2 Å². The number of rotatable bonds is 8. The van der Waals surface area contributed by atoms with E-state index in [-0.39, 0.29) is 18.4 Å². The van der Waals surface area contributed by atoms with Gasteiger partial charge in [-0.15, -0.1) is 0 Å². The van der Waals surface area contributed by atoms with Crippen LogP contribution in [-0.2, 0) is 6.54 Å². The number of fused-ring (bicyclic) bond motifs is 1. The molecule has 0 atom stereocenters. The van der Waals surface area contributed by atoms with Crippen LogP contribution in [-0.4, -0.2) is 23.3 Å². The Kier molecular flexibility index (Phi) is 5.49. The van der Waals surface area contributed by atoms with Gasteiger partial charge in [0.1, 0.15) is 5.75 Å². The number of amides is 2. The molecule has 1 aliphatic rings. The first kappa shape index (κ1) is 17.2. The summed E-state index contributed by atoms with van der Waals surface area (Å²) in [5, 5.41) is 0. The van der Waals surface area contributed by atoms with Crippen LogP contribution in [0.15, 0.2) is 48.5 Å². The van der Waals surface area contributed by atoms with Gasteiger partial charge in [-0.2, -0.15) is 0 Å². The highest BCUT2D eigenvalue weighted by atomic mass is 16.5. The van der Waals surface area contributed by atoms with Crippen molar-refractivity contribution in [2.24, 2.45) is 0 Å². The van der Waals surface area contributed by atoms with Gasteiger partial charge in [0.2, 0.25) is 0 Å². The summed E-state index contributed by atoms with van der Waals surface area (Å²) in [4.78, 5) is 26.2. The van der Waals surface area contributed by atoms with E-state index in [1.165, 1.54) is 24.2 Å². The third-order valence-electron chi connectivity index (χ3n) is 4.38. The summed E-state index contributed by atoms with van der Waals surface area (Å²) in [7, 11) is 0. The zero-order chi connectivity index (χ0) is 17.6. The molecule has 0 unspecified atom stereocenters. The number of unbranched alkanes of at least 4 members (excludes halogenated alkanes) is 3. The molecule has 25 heavy (non-hydrogen) atoms. The molecule has 1 heterocycles. The van der Waals surface area contributed by atoms with Crippen molar-refractivity contribution in [2.45, 2.75) is 39.2 Å². The highest BCUT2D eigenvalue weighted by Crippen LogP contribution is 2.25. The van der Waals surface area contributed by atoms with Gasteiger partial charge in [-0.1, -0.05) is 50.5 Å². The average molecular weight is 337 g/mol. The fraction of sp³-hybridized carbons (Fsp3) is 0.333. The number of benzene rings is 2. The Balaban J connectivity index is 1.63. The summed E-state index contributed by atoms with van der Waals surface area (Å²) in [6.07, 6.45) is 4.64. The van der Waals surface area contributed by atoms with Gasteiger partial charge < -0.3 is 4.74 Å². The van der Waals surface area contributed by atoms with Crippen LogP contribution in [0.4, 0.5) is 0 Å². The highest BCUT2D eigenvalue weighted by molar-refractivity contribution is 6.21. The Hall–Kier alpha value is -2.62. The lowest BCUT2D eigenvalue weighted by Gasteiger charge is -2.15. The van der Waals surface area contributed by atoms with Crippen LogP contribution in [0.25, 0.3) is 0 Å². The Morgan fingerprint density at radius 3 is 2.28 bits per heavy atom. The van der Waals surface area contributed by atoms with Gasteiger partial charge in [-0.05, 0) is 36.2 Å². The van der Waals surface area contributed by atoms with E-state index in [9.17, 15) is 9.59 Å². The van der Waals surface area contributed by atoms with E-state index in [1.54, 1.807) is 24.3 Å². The molecule has 4 heteroatoms. The van der Waals surface area contributed by atoms with E-state index in [2.05, 4.69) is 6.92 Å². The molecule has 1 aliphatic heterocycles. The van der Waals surface area contributed by atoms with Gasteiger partial charge in [-0.3, -0.25) is 14.5 Å². The van der Waals surface area contributed by atoms with Crippen LogP contribution in [0.3, 0.4) is 0 Å². The summed E-state index contributed by atoms with van der Waals surface area (Å²) >= 11 is 0. The monoisotopic (exact) mass is 337 g/mol. The molecule has 4 nitrogen and oxygen atoms in total. The molecule has 2 aromatic rings. The Morgan fingerprint density at radius 2 is 1.60 bits per heavy atom. The molecule has 0 aromatic heterocycles. The predicted molar refractivity (Wildman–Crippen MR) is 96.7 cm³/mol. The van der Waals surface area contributed by atoms with Crippen molar-refractivity contribution in [1.29, 1.82) is 0 Å². The minimum Gasteiger partial charge on any atom is -0.494 e. The van der Waals surface area contributed by atoms with Crippen molar-refractivity contribution in [3.8, 4) is 5.75 Å². The first-order valence-electron chi connectivity index (χ1n) is 8.87. The Labute approximate surface area is 148 Å². The lowest BCUT2D eigenvalue weighted by Crippen LogP contribution is -2.29. The van der Waals surface area contributed by atoms with Crippen molar-refractivity contribution < 1.29 is 14.3 Å². The van der Waals surface area contributed by atoms with E-state index < -0.39 is 0 Å². The molecule has 0 radical (unpaired) electrons. The van der Waals surface area contributed by atoms with E-state index in [0.717, 1.165) is 17.7 Å². The van der Waals surface area contributed by atoms with E-state index >= 15 is 0 Å². The minimum absolute atomic E-state index is 0.230. The van der Waals surface area contributed by atoms with Gasteiger partial charge in [0.05, 0.1) is 24.3 Å². The van der Waals surface area contributed by atoms with Crippen molar-refractivity contribution in [1.82, 2.24) is 4.90 Å². The topological polar surface area (TPSA) is 46.6 Å². The summed E-state index contributed by atoms with van der Waals surface area (Å²) in [5.74, 6) is 0.323. The molecule has 0 fully saturated rings. The van der Waals surface area contributed by atoms with Crippen LogP contribution < -0.4 is 4.74 Å². The van der Waals surface area contributed by atoms with Gasteiger partial charge in [0, 0.05) is 0 Å². The van der Waals surface area contributed by atoms with E-state index in [4.69, 9.17) is 4.74 Å². The maximum atomic E-state index is 12.4. The third kappa shape index (κ3) is 3.90. The van der Waals surface area contributed by atoms with E-state index in [0.29, 0.717) is 17.7 Å². The summed E-state index contributed by atoms with van der Waals surface area (Å²) in [5.41, 5.74) is 1.85. The first-order valence-corrected chi connectivity index (χ1v) is 8.87. The normalized spacial score (nSPS) is 13.2. The van der Waals surface area contributed by atoms with Gasteiger partial charge >= 0.3 is 0 Å². The Morgan fingerprint density at radius 1 is 0.880 bits per heavy atom. The Bertz CT molecular complexity index is 734. The maximum Gasteiger partial charge on any atom is 0.261 e. The van der Waals surface area contributed by atoms with Gasteiger partial charge in [-0.25, -0.2) is 0 Å². The number of carbonyl (C=O) groups excluding carboxylic acids is 2. The van der Waals surface area contributed by atoms with Crippen LogP contribution >= 0.6 is 0 Å². The van der Waals surface area contributed by atoms with Gasteiger partial charge in [0.25, 0.3) is 11.8 Å². The minimum atomic E-state index is -0.230. The zero-order valence-corrected chi connectivity index (χ0v) is 14.5. The molecule has 0 saturated heterocycles. The second-order valence-electron chi connectivity index (χ2n) is 6.30. The second-order valence-corrected chi connectivity index (χ2v) is 6.30. The van der Waals surface area contributed by atoms with Crippen LogP contribution in [0.2, 0.25) is 0 Å². The highest BCUT2D eigenvalue weighted by Gasteiger charge is 2.34. The predicted octanol–water partition coefficient (Wildman–Crippen LogP) is 4.44. The molecule has 2 aromatic carbocycles. The van der Waals surface area contributed by atoms with Crippen LogP contribution in [0, 0.1) is 0 Å². The van der Waals surface area contributed by atoms with Crippen molar-refractivity contribution in [3.63, 3.8) is 0 Å². The number of ether oxygens (including phenoxy) is 1. The largest absolute Gasteiger partial charge is 0.494 e. The first-order chi connectivity index (χ1) is 12.2. The number of nitrogens with zero attached hydrogens (tertiary/aromatic N) is 1. The molecule has 0 bridgehead atoms. The van der Waals surface area contributed by atoms with Crippen molar-refractivity contribution in [2.75, 3.05) is 6.61 Å². The molecule has 3 rings (SSSR count). The van der Waals surface area contributed by atoms with Crippen LogP contribution in [0.1, 0.15) is 58.9 Å². The lowest BCUT2D eigenvalue weighted by molar-refractivity contribution is 0.0642. The maximum absolute atomic E-state index is 12.4.